The van der Waals surface area contributed by atoms with Gasteiger partial charge in [0.05, 0.1) is 19.0 Å². The van der Waals surface area contributed by atoms with Crippen molar-refractivity contribution in [3.8, 4) is 5.75 Å². The summed E-state index contributed by atoms with van der Waals surface area (Å²) in [4.78, 5) is 67.5. The number of H-pyrrole nitrogens is 1. The lowest BCUT2D eigenvalue weighted by molar-refractivity contribution is -0.143. The summed E-state index contributed by atoms with van der Waals surface area (Å²) in [6, 6.07) is 0.453. The Morgan fingerprint density at radius 3 is 2.08 bits per heavy atom. The molecule has 0 bridgehead atoms. The highest BCUT2D eigenvalue weighted by Crippen LogP contribution is 2.12. The van der Waals surface area contributed by atoms with E-state index in [1.54, 1.807) is 0 Å². The molecule has 2 rings (SSSR count). The number of carboxylic acids is 1. The molecule has 1 aromatic heterocycles. The second kappa shape index (κ2) is 14.3. The number of rotatable bonds is 15. The number of nitrogens with two attached hydrogens (primary N) is 2. The molecule has 15 nitrogen and oxygen atoms in total. The molecule has 4 atom stereocenters. The third-order valence-electron chi connectivity index (χ3n) is 5.45. The summed E-state index contributed by atoms with van der Waals surface area (Å²) in [5, 5.41) is 35.4. The lowest BCUT2D eigenvalue weighted by atomic mass is 10.0. The molecule has 15 heteroatoms. The average Bonchev–Trinajstić information content (AvgIpc) is 3.38. The first-order valence-electron chi connectivity index (χ1n) is 11.5. The van der Waals surface area contributed by atoms with Crippen LogP contribution in [0, 0.1) is 0 Å². The van der Waals surface area contributed by atoms with Crippen LogP contribution in [0.15, 0.2) is 36.8 Å². The Bertz CT molecular complexity index is 1110. The number of phenols is 1. The minimum absolute atomic E-state index is 0.0123. The number of aliphatic hydroxyl groups excluding tert-OH is 1. The number of primary amides is 1. The molecule has 4 amide bonds. The lowest BCUT2D eigenvalue weighted by Crippen LogP contribution is -2.58. The molecule has 0 aliphatic rings. The van der Waals surface area contributed by atoms with E-state index in [2.05, 4.69) is 25.9 Å². The van der Waals surface area contributed by atoms with E-state index >= 15 is 0 Å². The van der Waals surface area contributed by atoms with Gasteiger partial charge in [-0.05, 0) is 24.1 Å². The molecular formula is C23H31N7O8. The third-order valence-corrected chi connectivity index (χ3v) is 5.45. The van der Waals surface area contributed by atoms with Gasteiger partial charge in [-0.2, -0.15) is 0 Å². The van der Waals surface area contributed by atoms with Gasteiger partial charge in [-0.1, -0.05) is 12.1 Å². The molecule has 1 aromatic carbocycles. The number of aliphatic hydroxyl groups is 1. The number of hydrogen-bond acceptors (Lipinski definition) is 9. The second-order valence-corrected chi connectivity index (χ2v) is 8.47. The van der Waals surface area contributed by atoms with Crippen molar-refractivity contribution >= 4 is 29.6 Å². The fourth-order valence-electron chi connectivity index (χ4n) is 3.36. The van der Waals surface area contributed by atoms with Gasteiger partial charge in [0, 0.05) is 31.2 Å². The van der Waals surface area contributed by atoms with Crippen LogP contribution in [0.4, 0.5) is 0 Å². The van der Waals surface area contributed by atoms with E-state index in [1.807, 2.05) is 0 Å². The van der Waals surface area contributed by atoms with Gasteiger partial charge >= 0.3 is 5.97 Å². The van der Waals surface area contributed by atoms with E-state index in [4.69, 9.17) is 11.5 Å². The molecule has 0 aliphatic carbocycles. The van der Waals surface area contributed by atoms with Gasteiger partial charge in [-0.3, -0.25) is 19.2 Å². The number of carbonyl (C=O) groups is 5. The maximum atomic E-state index is 13.1. The largest absolute Gasteiger partial charge is 0.508 e. The van der Waals surface area contributed by atoms with E-state index in [0.29, 0.717) is 11.3 Å². The fourth-order valence-corrected chi connectivity index (χ4v) is 3.36. The third kappa shape index (κ3) is 9.51. The number of phenolic OH excluding ortho intramolecular Hbond substituents is 1. The molecule has 0 fully saturated rings. The van der Waals surface area contributed by atoms with Gasteiger partial charge in [0.1, 0.15) is 23.9 Å². The minimum Gasteiger partial charge on any atom is -0.508 e. The van der Waals surface area contributed by atoms with Crippen LogP contribution < -0.4 is 27.4 Å². The van der Waals surface area contributed by atoms with Crippen LogP contribution in [0.25, 0.3) is 0 Å². The first-order chi connectivity index (χ1) is 18.0. The van der Waals surface area contributed by atoms with Crippen molar-refractivity contribution in [2.75, 3.05) is 6.61 Å². The highest BCUT2D eigenvalue weighted by Gasteiger charge is 2.30. The zero-order valence-electron chi connectivity index (χ0n) is 20.3. The predicted octanol–water partition coefficient (Wildman–Crippen LogP) is -2.98. The average molecular weight is 534 g/mol. The van der Waals surface area contributed by atoms with Gasteiger partial charge in [0.2, 0.25) is 23.6 Å². The minimum atomic E-state index is -1.57. The number of aromatic nitrogens is 2. The fraction of sp³-hybridized carbons (Fsp3) is 0.391. The van der Waals surface area contributed by atoms with Crippen molar-refractivity contribution in [1.29, 1.82) is 0 Å². The molecule has 0 radical (unpaired) electrons. The Hall–Kier alpha value is -4.50. The van der Waals surface area contributed by atoms with Crippen molar-refractivity contribution in [2.45, 2.75) is 49.9 Å². The lowest BCUT2D eigenvalue weighted by Gasteiger charge is -2.24. The van der Waals surface area contributed by atoms with Gasteiger partial charge in [0.15, 0.2) is 0 Å². The summed E-state index contributed by atoms with van der Waals surface area (Å²) in [6.45, 7) is -0.890. The first-order valence-corrected chi connectivity index (χ1v) is 11.5. The zero-order chi connectivity index (χ0) is 28.2. The molecule has 38 heavy (non-hydrogen) atoms. The molecule has 2 aromatic rings. The number of carbonyl (C=O) groups excluding carboxylic acids is 4. The summed E-state index contributed by atoms with van der Waals surface area (Å²) in [5.74, 6) is -4.79. The zero-order valence-corrected chi connectivity index (χ0v) is 20.3. The van der Waals surface area contributed by atoms with Crippen molar-refractivity contribution in [1.82, 2.24) is 25.9 Å². The Kier molecular flexibility index (Phi) is 11.2. The normalized spacial score (nSPS) is 13.9. The second-order valence-electron chi connectivity index (χ2n) is 8.47. The maximum absolute atomic E-state index is 13.1. The standard InChI is InChI=1S/C23H31N7O8/c24-15(8-13-9-26-11-27-13)20(34)29-17(7-12-1-3-14(32)4-2-12)21(35)30-18(10-31)22(36)28-16(23(37)38)5-6-19(25)33/h1-4,9,11,15-18,31-32H,5-8,10,24H2,(H2,25,33)(H,26,27)(H,28,36)(H,29,34)(H,30,35)(H,37,38). The molecule has 1 heterocycles. The number of nitrogens with zero attached hydrogens (tertiary/aromatic N) is 1. The number of aliphatic carboxylic acids is 1. The van der Waals surface area contributed by atoms with Gasteiger partial charge < -0.3 is 47.7 Å². The van der Waals surface area contributed by atoms with Crippen molar-refractivity contribution < 1.29 is 39.3 Å². The number of aromatic amines is 1. The molecule has 4 unspecified atom stereocenters. The first kappa shape index (κ1) is 29.7. The molecule has 206 valence electrons. The number of carboxylic acid groups (broad SMARTS) is 1. The Morgan fingerprint density at radius 1 is 0.921 bits per heavy atom. The van der Waals surface area contributed by atoms with Crippen molar-refractivity contribution in [2.24, 2.45) is 11.5 Å². The van der Waals surface area contributed by atoms with Crippen LogP contribution in [0.2, 0.25) is 0 Å². The molecule has 0 saturated carbocycles. The van der Waals surface area contributed by atoms with E-state index in [0.717, 1.165) is 0 Å². The number of nitrogens with one attached hydrogen (secondary N) is 4. The Balaban J connectivity index is 2.14. The molecule has 0 spiro atoms. The SMILES string of the molecule is NC(=O)CCC(NC(=O)C(CO)NC(=O)C(Cc1ccc(O)cc1)NC(=O)C(N)Cc1cnc[nH]1)C(=O)O. The van der Waals surface area contributed by atoms with Crippen LogP contribution in [0.3, 0.4) is 0 Å². The van der Waals surface area contributed by atoms with Gasteiger partial charge in [0.25, 0.3) is 0 Å². The molecule has 0 aliphatic heterocycles. The van der Waals surface area contributed by atoms with Crippen LogP contribution in [-0.2, 0) is 36.8 Å². The smallest absolute Gasteiger partial charge is 0.326 e. The van der Waals surface area contributed by atoms with Crippen LogP contribution in [0.5, 0.6) is 5.75 Å². The quantitative estimate of drug-likeness (QED) is 0.112. The highest BCUT2D eigenvalue weighted by atomic mass is 16.4. The van der Waals surface area contributed by atoms with Crippen molar-refractivity contribution in [3.05, 3.63) is 48.0 Å². The predicted molar refractivity (Wildman–Crippen MR) is 131 cm³/mol. The number of benzene rings is 1. The van der Waals surface area contributed by atoms with Crippen LogP contribution >= 0.6 is 0 Å². The van der Waals surface area contributed by atoms with Gasteiger partial charge in [-0.25, -0.2) is 9.78 Å². The summed E-state index contributed by atoms with van der Waals surface area (Å²) >= 11 is 0. The summed E-state index contributed by atoms with van der Waals surface area (Å²) in [6.07, 6.45) is 2.34. The van der Waals surface area contributed by atoms with E-state index in [1.165, 1.54) is 36.8 Å². The number of imidazole rings is 1. The number of aromatic hydroxyl groups is 1. The Labute approximate surface area is 217 Å². The molecular weight excluding hydrogens is 502 g/mol. The summed E-state index contributed by atoms with van der Waals surface area (Å²) < 4.78 is 0. The van der Waals surface area contributed by atoms with Crippen LogP contribution in [-0.4, -0.2) is 85.7 Å². The number of hydrogen-bond donors (Lipinski definition) is 9. The highest BCUT2D eigenvalue weighted by molar-refractivity contribution is 5.94. The van der Waals surface area contributed by atoms with E-state index in [9.17, 15) is 39.3 Å². The summed E-state index contributed by atoms with van der Waals surface area (Å²) in [5.41, 5.74) is 12.1. The number of amides is 4. The van der Waals surface area contributed by atoms with E-state index < -0.39 is 60.4 Å². The molecule has 0 saturated heterocycles. The molecule has 11 N–H and O–H groups in total. The topological polar surface area (TPSA) is 263 Å². The monoisotopic (exact) mass is 533 g/mol. The summed E-state index contributed by atoms with van der Waals surface area (Å²) in [7, 11) is 0. The van der Waals surface area contributed by atoms with Crippen LogP contribution in [0.1, 0.15) is 24.1 Å². The van der Waals surface area contributed by atoms with Gasteiger partial charge in [-0.15, -0.1) is 0 Å². The maximum Gasteiger partial charge on any atom is 0.326 e. The van der Waals surface area contributed by atoms with Crippen molar-refractivity contribution in [3.63, 3.8) is 0 Å². The van der Waals surface area contributed by atoms with E-state index in [-0.39, 0.29) is 31.4 Å². The Morgan fingerprint density at radius 2 is 1.53 bits per heavy atom.